The number of nitrogens with zero attached hydrogens (tertiary/aromatic N) is 4. The molecule has 19 heavy (non-hydrogen) atoms. The average molecular weight is 261 g/mol. The standard InChI is InChI=1S/C13H19N5O/c1-4-5-18-13(11(19-3)8-17-18)12(14-2)10-6-15-9-16-7-10/h6-9,12,14H,4-5H2,1-3H3. The van der Waals surface area contributed by atoms with Crippen molar-refractivity contribution in [3.05, 3.63) is 36.2 Å². The van der Waals surface area contributed by atoms with E-state index in [-0.39, 0.29) is 6.04 Å². The van der Waals surface area contributed by atoms with Crippen molar-refractivity contribution in [2.45, 2.75) is 25.9 Å². The van der Waals surface area contributed by atoms with Gasteiger partial charge in [-0.1, -0.05) is 6.92 Å². The summed E-state index contributed by atoms with van der Waals surface area (Å²) in [4.78, 5) is 8.15. The second-order valence-corrected chi connectivity index (χ2v) is 4.21. The Balaban J connectivity index is 2.45. The van der Waals surface area contributed by atoms with Gasteiger partial charge in [-0.25, -0.2) is 9.97 Å². The van der Waals surface area contributed by atoms with Gasteiger partial charge in [0.05, 0.1) is 19.3 Å². The van der Waals surface area contributed by atoms with Crippen LogP contribution in [0.25, 0.3) is 0 Å². The lowest BCUT2D eigenvalue weighted by Crippen LogP contribution is -2.22. The zero-order valence-corrected chi connectivity index (χ0v) is 11.5. The molecule has 2 heterocycles. The van der Waals surface area contributed by atoms with E-state index in [4.69, 9.17) is 4.74 Å². The van der Waals surface area contributed by atoms with Crippen LogP contribution < -0.4 is 10.1 Å². The molecule has 2 aromatic heterocycles. The molecule has 0 aliphatic rings. The summed E-state index contributed by atoms with van der Waals surface area (Å²) in [7, 11) is 3.56. The molecule has 6 nitrogen and oxygen atoms in total. The molecule has 0 aromatic carbocycles. The van der Waals surface area contributed by atoms with Gasteiger partial charge in [-0.3, -0.25) is 4.68 Å². The summed E-state index contributed by atoms with van der Waals surface area (Å²) in [5, 5.41) is 7.66. The van der Waals surface area contributed by atoms with E-state index in [1.54, 1.807) is 25.7 Å². The van der Waals surface area contributed by atoms with Crippen molar-refractivity contribution in [1.82, 2.24) is 25.1 Å². The maximum absolute atomic E-state index is 5.41. The largest absolute Gasteiger partial charge is 0.493 e. The Hall–Kier alpha value is -1.95. The molecule has 0 radical (unpaired) electrons. The van der Waals surface area contributed by atoms with Gasteiger partial charge < -0.3 is 10.1 Å². The van der Waals surface area contributed by atoms with Crippen molar-refractivity contribution in [1.29, 1.82) is 0 Å². The Bertz CT molecular complexity index is 511. The number of hydrogen-bond donors (Lipinski definition) is 1. The zero-order chi connectivity index (χ0) is 13.7. The fourth-order valence-electron chi connectivity index (χ4n) is 2.14. The van der Waals surface area contributed by atoms with Crippen molar-refractivity contribution in [3.63, 3.8) is 0 Å². The van der Waals surface area contributed by atoms with Crippen LogP contribution in [0.3, 0.4) is 0 Å². The average Bonchev–Trinajstić information content (AvgIpc) is 2.85. The molecule has 0 aliphatic carbocycles. The fraction of sp³-hybridized carbons (Fsp3) is 0.462. The second-order valence-electron chi connectivity index (χ2n) is 4.21. The first-order valence-electron chi connectivity index (χ1n) is 6.33. The first-order chi connectivity index (χ1) is 9.31. The molecule has 2 aromatic rings. The quantitative estimate of drug-likeness (QED) is 0.851. The molecule has 0 aliphatic heterocycles. The molecule has 0 spiro atoms. The predicted molar refractivity (Wildman–Crippen MR) is 72.0 cm³/mol. The van der Waals surface area contributed by atoms with Crippen LogP contribution in [0, 0.1) is 0 Å². The minimum Gasteiger partial charge on any atom is -0.493 e. The lowest BCUT2D eigenvalue weighted by Gasteiger charge is -2.19. The molecular weight excluding hydrogens is 242 g/mol. The monoisotopic (exact) mass is 261 g/mol. The summed E-state index contributed by atoms with van der Waals surface area (Å²) in [6.45, 7) is 2.97. The number of ether oxygens (including phenoxy) is 1. The maximum atomic E-state index is 5.41. The number of aryl methyl sites for hydroxylation is 1. The predicted octanol–water partition coefficient (Wildman–Crippen LogP) is 1.40. The Morgan fingerprint density at radius 2 is 2.05 bits per heavy atom. The summed E-state index contributed by atoms with van der Waals surface area (Å²) in [6, 6.07) is -0.0369. The van der Waals surface area contributed by atoms with Crippen molar-refractivity contribution < 1.29 is 4.74 Å². The van der Waals surface area contributed by atoms with Crippen LogP contribution in [0.5, 0.6) is 5.75 Å². The van der Waals surface area contributed by atoms with Gasteiger partial charge in [-0.2, -0.15) is 5.10 Å². The SMILES string of the molecule is CCCn1ncc(OC)c1C(NC)c1cncnc1. The highest BCUT2D eigenvalue weighted by atomic mass is 16.5. The summed E-state index contributed by atoms with van der Waals surface area (Å²) in [5.41, 5.74) is 1.99. The van der Waals surface area contributed by atoms with Crippen molar-refractivity contribution in [2.75, 3.05) is 14.2 Å². The Morgan fingerprint density at radius 1 is 1.32 bits per heavy atom. The number of rotatable bonds is 6. The second kappa shape index (κ2) is 6.29. The van der Waals surface area contributed by atoms with Crippen LogP contribution in [0.1, 0.15) is 30.6 Å². The third-order valence-corrected chi connectivity index (χ3v) is 2.98. The van der Waals surface area contributed by atoms with Gasteiger partial charge in [0.2, 0.25) is 0 Å². The topological polar surface area (TPSA) is 64.9 Å². The Morgan fingerprint density at radius 3 is 2.63 bits per heavy atom. The van der Waals surface area contributed by atoms with Gasteiger partial charge in [0.1, 0.15) is 12.0 Å². The van der Waals surface area contributed by atoms with Crippen LogP contribution in [-0.4, -0.2) is 33.9 Å². The molecule has 0 saturated heterocycles. The molecule has 1 atom stereocenters. The molecule has 0 amide bonds. The van der Waals surface area contributed by atoms with Gasteiger partial charge in [-0.05, 0) is 13.5 Å². The van der Waals surface area contributed by atoms with Gasteiger partial charge >= 0.3 is 0 Å². The molecule has 1 unspecified atom stereocenters. The molecule has 6 heteroatoms. The summed E-state index contributed by atoms with van der Waals surface area (Å²) in [6.07, 6.45) is 7.89. The van der Waals surface area contributed by atoms with Crippen LogP contribution in [0.15, 0.2) is 24.9 Å². The molecule has 1 N–H and O–H groups in total. The Kier molecular flexibility index (Phi) is 4.46. The number of aromatic nitrogens is 4. The van der Waals surface area contributed by atoms with E-state index in [9.17, 15) is 0 Å². The number of nitrogens with one attached hydrogen (secondary N) is 1. The zero-order valence-electron chi connectivity index (χ0n) is 11.5. The minimum absolute atomic E-state index is 0.0369. The highest BCUT2D eigenvalue weighted by Gasteiger charge is 2.22. The first kappa shape index (κ1) is 13.5. The normalized spacial score (nSPS) is 12.4. The van der Waals surface area contributed by atoms with Gasteiger partial charge in [-0.15, -0.1) is 0 Å². The van der Waals surface area contributed by atoms with E-state index in [2.05, 4.69) is 27.3 Å². The van der Waals surface area contributed by atoms with E-state index in [1.165, 1.54) is 6.33 Å². The maximum Gasteiger partial charge on any atom is 0.161 e. The van der Waals surface area contributed by atoms with Gasteiger partial charge in [0.15, 0.2) is 5.75 Å². The lowest BCUT2D eigenvalue weighted by molar-refractivity contribution is 0.400. The molecule has 2 rings (SSSR count). The van der Waals surface area contributed by atoms with Crippen LogP contribution >= 0.6 is 0 Å². The highest BCUT2D eigenvalue weighted by Crippen LogP contribution is 2.29. The van der Waals surface area contributed by atoms with E-state index < -0.39 is 0 Å². The molecular formula is C13H19N5O. The van der Waals surface area contributed by atoms with Gasteiger partial charge in [0, 0.05) is 24.5 Å². The number of hydrogen-bond acceptors (Lipinski definition) is 5. The lowest BCUT2D eigenvalue weighted by atomic mass is 10.1. The van der Waals surface area contributed by atoms with Crippen molar-refractivity contribution in [3.8, 4) is 5.75 Å². The summed E-state index contributed by atoms with van der Waals surface area (Å²) < 4.78 is 7.38. The van der Waals surface area contributed by atoms with Crippen LogP contribution in [-0.2, 0) is 6.54 Å². The van der Waals surface area contributed by atoms with E-state index in [0.717, 1.165) is 30.0 Å². The molecule has 0 bridgehead atoms. The van der Waals surface area contributed by atoms with E-state index >= 15 is 0 Å². The Labute approximate surface area is 112 Å². The van der Waals surface area contributed by atoms with E-state index in [0.29, 0.717) is 0 Å². The first-order valence-corrected chi connectivity index (χ1v) is 6.33. The highest BCUT2D eigenvalue weighted by molar-refractivity contribution is 5.34. The van der Waals surface area contributed by atoms with Gasteiger partial charge in [0.25, 0.3) is 0 Å². The van der Waals surface area contributed by atoms with Crippen molar-refractivity contribution in [2.24, 2.45) is 0 Å². The fourth-order valence-corrected chi connectivity index (χ4v) is 2.14. The summed E-state index contributed by atoms with van der Waals surface area (Å²) in [5.74, 6) is 0.775. The molecule has 0 fully saturated rings. The van der Waals surface area contributed by atoms with E-state index in [1.807, 2.05) is 11.7 Å². The van der Waals surface area contributed by atoms with Crippen molar-refractivity contribution >= 4 is 0 Å². The molecule has 102 valence electrons. The minimum atomic E-state index is -0.0369. The number of methoxy groups -OCH3 is 1. The third kappa shape index (κ3) is 2.73. The summed E-state index contributed by atoms with van der Waals surface area (Å²) >= 11 is 0. The smallest absolute Gasteiger partial charge is 0.161 e. The van der Waals surface area contributed by atoms with Crippen LogP contribution in [0.4, 0.5) is 0 Å². The molecule has 0 saturated carbocycles. The van der Waals surface area contributed by atoms with Crippen LogP contribution in [0.2, 0.25) is 0 Å². The third-order valence-electron chi connectivity index (χ3n) is 2.98.